The van der Waals surface area contributed by atoms with Gasteiger partial charge in [-0.2, -0.15) is 0 Å². The zero-order valence-corrected chi connectivity index (χ0v) is 10.9. The molecule has 0 aliphatic carbocycles. The lowest BCUT2D eigenvalue weighted by atomic mass is 10.2. The van der Waals surface area contributed by atoms with Crippen LogP contribution in [0, 0.1) is 0 Å². The fraction of sp³-hybridized carbons (Fsp3) is 0.333. The molecular formula is C15H17NO3. The molecule has 1 N–H and O–H groups in total. The number of carbonyl (C=O) groups is 1. The van der Waals surface area contributed by atoms with Crippen LogP contribution in [-0.2, 0) is 4.79 Å². The molecule has 1 heterocycles. The van der Waals surface area contributed by atoms with Gasteiger partial charge in [-0.1, -0.05) is 19.8 Å². The van der Waals surface area contributed by atoms with Crippen molar-refractivity contribution in [3.63, 3.8) is 0 Å². The normalized spacial score (nSPS) is 10.6. The van der Waals surface area contributed by atoms with E-state index in [1.54, 1.807) is 24.3 Å². The van der Waals surface area contributed by atoms with Gasteiger partial charge in [0, 0.05) is 23.6 Å². The molecule has 19 heavy (non-hydrogen) atoms. The van der Waals surface area contributed by atoms with Gasteiger partial charge in [-0.25, -0.2) is 4.79 Å². The van der Waals surface area contributed by atoms with E-state index in [-0.39, 0.29) is 11.5 Å². The number of fused-ring (bicyclic) bond motifs is 1. The Bertz CT molecular complexity index is 631. The van der Waals surface area contributed by atoms with Crippen molar-refractivity contribution in [3.8, 4) is 0 Å². The molecule has 0 spiro atoms. The van der Waals surface area contributed by atoms with E-state index in [0.29, 0.717) is 12.0 Å². The summed E-state index contributed by atoms with van der Waals surface area (Å²) in [5, 5.41) is 3.65. The van der Waals surface area contributed by atoms with Crippen molar-refractivity contribution in [2.24, 2.45) is 0 Å². The minimum Gasteiger partial charge on any atom is -0.423 e. The molecule has 0 atom stereocenters. The minimum absolute atomic E-state index is 0.0187. The predicted octanol–water partition coefficient (Wildman–Crippen LogP) is 3.31. The molecule has 0 saturated heterocycles. The maximum absolute atomic E-state index is 11.7. The zero-order valence-electron chi connectivity index (χ0n) is 10.9. The number of anilines is 1. The van der Waals surface area contributed by atoms with Gasteiger partial charge in [-0.15, -0.1) is 0 Å². The highest BCUT2D eigenvalue weighted by atomic mass is 16.4. The van der Waals surface area contributed by atoms with Crippen molar-refractivity contribution < 1.29 is 9.21 Å². The summed E-state index contributed by atoms with van der Waals surface area (Å²) in [5.41, 5.74) is 0.878. The Labute approximate surface area is 111 Å². The predicted molar refractivity (Wildman–Crippen MR) is 75.3 cm³/mol. The molecule has 0 aliphatic heterocycles. The number of amides is 1. The molecule has 1 aromatic carbocycles. The van der Waals surface area contributed by atoms with Gasteiger partial charge in [0.1, 0.15) is 5.58 Å². The van der Waals surface area contributed by atoms with Gasteiger partial charge in [0.05, 0.1) is 0 Å². The van der Waals surface area contributed by atoms with Crippen LogP contribution in [0.5, 0.6) is 0 Å². The topological polar surface area (TPSA) is 59.3 Å². The fourth-order valence-corrected chi connectivity index (χ4v) is 1.91. The Morgan fingerprint density at radius 1 is 1.21 bits per heavy atom. The first kappa shape index (κ1) is 13.3. The molecule has 100 valence electrons. The van der Waals surface area contributed by atoms with Crippen LogP contribution in [-0.4, -0.2) is 5.91 Å². The first-order chi connectivity index (χ1) is 9.19. The maximum atomic E-state index is 11.7. The van der Waals surface area contributed by atoms with Crippen LogP contribution in [0.3, 0.4) is 0 Å². The van der Waals surface area contributed by atoms with E-state index >= 15 is 0 Å². The summed E-state index contributed by atoms with van der Waals surface area (Å²) in [6.45, 7) is 2.11. The number of nitrogens with one attached hydrogen (secondary N) is 1. The lowest BCUT2D eigenvalue weighted by Gasteiger charge is -2.05. The monoisotopic (exact) mass is 259 g/mol. The van der Waals surface area contributed by atoms with Crippen molar-refractivity contribution in [1.82, 2.24) is 0 Å². The van der Waals surface area contributed by atoms with E-state index in [2.05, 4.69) is 12.2 Å². The van der Waals surface area contributed by atoms with E-state index in [4.69, 9.17) is 4.42 Å². The summed E-state index contributed by atoms with van der Waals surface area (Å²) in [6.07, 6.45) is 3.61. The lowest BCUT2D eigenvalue weighted by molar-refractivity contribution is -0.116. The Morgan fingerprint density at radius 2 is 2.05 bits per heavy atom. The van der Waals surface area contributed by atoms with E-state index in [1.807, 2.05) is 0 Å². The molecule has 1 aromatic heterocycles. The molecule has 0 bridgehead atoms. The number of benzene rings is 1. The molecule has 0 radical (unpaired) electrons. The van der Waals surface area contributed by atoms with Gasteiger partial charge in [-0.3, -0.25) is 4.79 Å². The molecule has 0 saturated carbocycles. The minimum atomic E-state index is -0.371. The molecule has 4 heteroatoms. The molecular weight excluding hydrogens is 242 g/mol. The van der Waals surface area contributed by atoms with E-state index < -0.39 is 0 Å². The van der Waals surface area contributed by atoms with Gasteiger partial charge in [0.25, 0.3) is 0 Å². The SMILES string of the molecule is CCCCCC(=O)Nc1ccc2oc(=O)ccc2c1. The number of unbranched alkanes of at least 4 members (excludes halogenated alkanes) is 2. The highest BCUT2D eigenvalue weighted by Crippen LogP contribution is 2.18. The molecule has 1 amide bonds. The van der Waals surface area contributed by atoms with Gasteiger partial charge in [0.2, 0.25) is 5.91 Å². The smallest absolute Gasteiger partial charge is 0.336 e. The van der Waals surface area contributed by atoms with Crippen molar-refractivity contribution in [2.45, 2.75) is 32.6 Å². The third-order valence-electron chi connectivity index (χ3n) is 2.91. The van der Waals surface area contributed by atoms with Gasteiger partial charge in [-0.05, 0) is 30.7 Å². The molecule has 4 nitrogen and oxygen atoms in total. The fourth-order valence-electron chi connectivity index (χ4n) is 1.91. The third kappa shape index (κ3) is 3.68. The van der Waals surface area contributed by atoms with Crippen LogP contribution < -0.4 is 10.9 Å². The molecule has 0 aliphatic rings. The molecule has 2 aromatic rings. The molecule has 0 fully saturated rings. The zero-order chi connectivity index (χ0) is 13.7. The Balaban J connectivity index is 2.07. The maximum Gasteiger partial charge on any atom is 0.336 e. The largest absolute Gasteiger partial charge is 0.423 e. The van der Waals surface area contributed by atoms with E-state index in [1.165, 1.54) is 6.07 Å². The quantitative estimate of drug-likeness (QED) is 0.662. The second-order valence-corrected chi connectivity index (χ2v) is 4.51. The second kappa shape index (κ2) is 6.18. The van der Waals surface area contributed by atoms with Gasteiger partial charge < -0.3 is 9.73 Å². The van der Waals surface area contributed by atoms with E-state index in [0.717, 1.165) is 30.3 Å². The third-order valence-corrected chi connectivity index (χ3v) is 2.91. The summed E-state index contributed by atoms with van der Waals surface area (Å²) < 4.78 is 5.03. The van der Waals surface area contributed by atoms with Crippen molar-refractivity contribution in [3.05, 3.63) is 40.8 Å². The van der Waals surface area contributed by atoms with Crippen LogP contribution in [0.1, 0.15) is 32.6 Å². The summed E-state index contributed by atoms with van der Waals surface area (Å²) in [4.78, 5) is 22.7. The molecule has 2 rings (SSSR count). The molecule has 0 unspecified atom stereocenters. The highest BCUT2D eigenvalue weighted by molar-refractivity contribution is 5.93. The van der Waals surface area contributed by atoms with Crippen LogP contribution in [0.15, 0.2) is 39.5 Å². The lowest BCUT2D eigenvalue weighted by Crippen LogP contribution is -2.10. The number of hydrogen-bond acceptors (Lipinski definition) is 3. The standard InChI is InChI=1S/C15H17NO3/c1-2-3-4-5-14(17)16-12-7-8-13-11(10-12)6-9-15(18)19-13/h6-10H,2-5H2,1H3,(H,16,17). The summed E-state index contributed by atoms with van der Waals surface area (Å²) in [7, 11) is 0. The van der Waals surface area contributed by atoms with E-state index in [9.17, 15) is 9.59 Å². The number of rotatable bonds is 5. The Morgan fingerprint density at radius 3 is 2.84 bits per heavy atom. The first-order valence-corrected chi connectivity index (χ1v) is 6.53. The average Bonchev–Trinajstić information content (AvgIpc) is 2.39. The van der Waals surface area contributed by atoms with Crippen molar-refractivity contribution in [2.75, 3.05) is 5.32 Å². The highest BCUT2D eigenvalue weighted by Gasteiger charge is 2.03. The van der Waals surface area contributed by atoms with Crippen LogP contribution in [0.25, 0.3) is 11.0 Å². The average molecular weight is 259 g/mol. The number of carbonyl (C=O) groups excluding carboxylic acids is 1. The Hall–Kier alpha value is -2.10. The Kier molecular flexibility index (Phi) is 4.34. The summed E-state index contributed by atoms with van der Waals surface area (Å²) in [5.74, 6) is 0.0187. The van der Waals surface area contributed by atoms with Crippen LogP contribution in [0.2, 0.25) is 0 Å². The summed E-state index contributed by atoms with van der Waals surface area (Å²) in [6, 6.07) is 8.29. The van der Waals surface area contributed by atoms with Crippen LogP contribution in [0.4, 0.5) is 5.69 Å². The first-order valence-electron chi connectivity index (χ1n) is 6.53. The van der Waals surface area contributed by atoms with Crippen LogP contribution >= 0.6 is 0 Å². The van der Waals surface area contributed by atoms with Gasteiger partial charge in [0.15, 0.2) is 0 Å². The van der Waals surface area contributed by atoms with Crippen molar-refractivity contribution >= 4 is 22.6 Å². The summed E-state index contributed by atoms with van der Waals surface area (Å²) >= 11 is 0. The van der Waals surface area contributed by atoms with Gasteiger partial charge >= 0.3 is 5.63 Å². The second-order valence-electron chi connectivity index (χ2n) is 4.51. The van der Waals surface area contributed by atoms with Crippen molar-refractivity contribution in [1.29, 1.82) is 0 Å². The number of hydrogen-bond donors (Lipinski definition) is 1.